The van der Waals surface area contributed by atoms with Crippen LogP contribution in [0.15, 0.2) is 0 Å². The fourth-order valence-electron chi connectivity index (χ4n) is 1.47. The van der Waals surface area contributed by atoms with Gasteiger partial charge in [-0.25, -0.2) is 0 Å². The zero-order valence-corrected chi connectivity index (χ0v) is 6.82. The zero-order valence-electron chi connectivity index (χ0n) is 6.07. The summed E-state index contributed by atoms with van der Waals surface area (Å²) in [6.07, 6.45) is 7.32. The van der Waals surface area contributed by atoms with Gasteiger partial charge in [0, 0.05) is 0 Å². The van der Waals surface area contributed by atoms with Crippen LogP contribution < -0.4 is 17.7 Å². The Bertz CT molecular complexity index is 59.9. The highest BCUT2D eigenvalue weighted by molar-refractivity contribution is 4.61. The van der Waals surface area contributed by atoms with E-state index in [9.17, 15) is 0 Å². The van der Waals surface area contributed by atoms with E-state index in [0.29, 0.717) is 0 Å². The van der Waals surface area contributed by atoms with E-state index in [1.54, 1.807) is 0 Å². The van der Waals surface area contributed by atoms with E-state index in [2.05, 4.69) is 12.4 Å². The van der Waals surface area contributed by atoms with Gasteiger partial charge in [0.05, 0.1) is 13.1 Å². The molecule has 1 saturated carbocycles. The van der Waals surface area contributed by atoms with E-state index in [1.165, 1.54) is 32.1 Å². The first kappa shape index (κ1) is 9.25. The highest BCUT2D eigenvalue weighted by Gasteiger charge is 2.12. The van der Waals surface area contributed by atoms with Crippen molar-refractivity contribution in [3.8, 4) is 0 Å². The molecule has 0 saturated heterocycles. The molecule has 9 heavy (non-hydrogen) atoms. The first-order chi connectivity index (χ1) is 3.93. The lowest BCUT2D eigenvalue weighted by Gasteiger charge is -2.17. The second-order valence-electron chi connectivity index (χ2n) is 2.73. The molecule has 0 amide bonds. The van der Waals surface area contributed by atoms with Crippen LogP contribution in [0.4, 0.5) is 0 Å². The lowest BCUT2D eigenvalue weighted by Crippen LogP contribution is -3.00. The van der Waals surface area contributed by atoms with Crippen molar-refractivity contribution in [1.29, 1.82) is 0 Å². The highest BCUT2D eigenvalue weighted by Crippen LogP contribution is 2.14. The largest absolute Gasteiger partial charge is 1.00 e. The topological polar surface area (TPSA) is 16.6 Å². The van der Waals surface area contributed by atoms with E-state index < -0.39 is 0 Å². The molecule has 0 aromatic heterocycles. The maximum absolute atomic E-state index is 2.36. The summed E-state index contributed by atoms with van der Waals surface area (Å²) in [6.45, 7) is 0. The third-order valence-corrected chi connectivity index (χ3v) is 2.12. The van der Waals surface area contributed by atoms with Gasteiger partial charge in [0.2, 0.25) is 0 Å². The van der Waals surface area contributed by atoms with Gasteiger partial charge in [0.1, 0.15) is 0 Å². The number of hydrogen-bond acceptors (Lipinski definition) is 0. The molecule has 1 fully saturated rings. The van der Waals surface area contributed by atoms with Crippen molar-refractivity contribution in [2.45, 2.75) is 38.1 Å². The summed E-state index contributed by atoms with van der Waals surface area (Å²) in [5.41, 5.74) is 0. The van der Waals surface area contributed by atoms with E-state index in [1.807, 2.05) is 0 Å². The van der Waals surface area contributed by atoms with Crippen molar-refractivity contribution in [3.63, 3.8) is 0 Å². The van der Waals surface area contributed by atoms with Crippen molar-refractivity contribution < 1.29 is 17.7 Å². The maximum Gasteiger partial charge on any atom is 0.0857 e. The average Bonchev–Trinajstić information content (AvgIpc) is 1.90. The zero-order chi connectivity index (χ0) is 5.82. The van der Waals surface area contributed by atoms with Gasteiger partial charge in [-0.1, -0.05) is 6.42 Å². The van der Waals surface area contributed by atoms with Crippen LogP contribution in [0, 0.1) is 0 Å². The molecule has 1 nitrogen and oxygen atoms in total. The summed E-state index contributed by atoms with van der Waals surface area (Å²) < 4.78 is 0. The molecule has 1 rings (SSSR count). The number of halogens is 1. The Hall–Kier alpha value is 0.250. The van der Waals surface area contributed by atoms with Gasteiger partial charge in [-0.3, -0.25) is 0 Å². The van der Waals surface area contributed by atoms with Gasteiger partial charge in [0.15, 0.2) is 0 Å². The predicted octanol–water partition coefficient (Wildman–Crippen LogP) is -2.48. The van der Waals surface area contributed by atoms with E-state index in [4.69, 9.17) is 0 Å². The van der Waals surface area contributed by atoms with Gasteiger partial charge < -0.3 is 17.7 Å². The summed E-state index contributed by atoms with van der Waals surface area (Å²) in [4.78, 5) is 0. The SMILES string of the molecule is C[NH2+]C1CCCCC1.[Cl-]. The van der Waals surface area contributed by atoms with E-state index in [-0.39, 0.29) is 12.4 Å². The molecule has 0 heterocycles. The molecular formula is C7H16ClN. The van der Waals surface area contributed by atoms with Gasteiger partial charge in [-0.15, -0.1) is 0 Å². The highest BCUT2D eigenvalue weighted by atomic mass is 35.5. The van der Waals surface area contributed by atoms with Crippen LogP contribution in [0.5, 0.6) is 0 Å². The third kappa shape index (κ3) is 3.07. The molecule has 0 bridgehead atoms. The minimum absolute atomic E-state index is 0. The van der Waals surface area contributed by atoms with Crippen molar-refractivity contribution in [3.05, 3.63) is 0 Å². The Morgan fingerprint density at radius 2 is 1.67 bits per heavy atom. The van der Waals surface area contributed by atoms with Gasteiger partial charge in [-0.05, 0) is 25.7 Å². The molecule has 1 aliphatic carbocycles. The van der Waals surface area contributed by atoms with Gasteiger partial charge in [-0.2, -0.15) is 0 Å². The summed E-state index contributed by atoms with van der Waals surface area (Å²) >= 11 is 0. The fourth-order valence-corrected chi connectivity index (χ4v) is 1.47. The second-order valence-corrected chi connectivity index (χ2v) is 2.73. The van der Waals surface area contributed by atoms with E-state index >= 15 is 0 Å². The number of quaternary nitrogens is 1. The smallest absolute Gasteiger partial charge is 0.0857 e. The average molecular weight is 150 g/mol. The normalized spacial score (nSPS) is 21.0. The Kier molecular flexibility index (Phi) is 5.21. The Labute approximate surface area is 63.6 Å². The molecule has 0 atom stereocenters. The summed E-state index contributed by atoms with van der Waals surface area (Å²) in [5.74, 6) is 0. The maximum atomic E-state index is 2.36. The van der Waals surface area contributed by atoms with Crippen molar-refractivity contribution in [2.75, 3.05) is 7.05 Å². The minimum Gasteiger partial charge on any atom is -1.00 e. The van der Waals surface area contributed by atoms with Crippen LogP contribution in [0.1, 0.15) is 32.1 Å². The molecule has 0 aliphatic heterocycles. The van der Waals surface area contributed by atoms with E-state index in [0.717, 1.165) is 6.04 Å². The Morgan fingerprint density at radius 3 is 2.00 bits per heavy atom. The molecule has 2 heteroatoms. The summed E-state index contributed by atoms with van der Waals surface area (Å²) in [7, 11) is 2.19. The molecule has 0 aromatic carbocycles. The van der Waals surface area contributed by atoms with Crippen LogP contribution in [0.2, 0.25) is 0 Å². The molecule has 0 unspecified atom stereocenters. The lowest BCUT2D eigenvalue weighted by atomic mass is 9.96. The van der Waals surface area contributed by atoms with Crippen molar-refractivity contribution >= 4 is 0 Å². The van der Waals surface area contributed by atoms with Gasteiger partial charge in [0.25, 0.3) is 0 Å². The first-order valence-corrected chi connectivity index (χ1v) is 3.73. The molecule has 0 radical (unpaired) electrons. The van der Waals surface area contributed by atoms with Crippen LogP contribution in [-0.4, -0.2) is 13.1 Å². The number of rotatable bonds is 1. The quantitative estimate of drug-likeness (QED) is 0.425. The Morgan fingerprint density at radius 1 is 1.11 bits per heavy atom. The van der Waals surface area contributed by atoms with Crippen molar-refractivity contribution in [1.82, 2.24) is 0 Å². The third-order valence-electron chi connectivity index (χ3n) is 2.12. The Balaban J connectivity index is 0.000000640. The second kappa shape index (κ2) is 5.07. The lowest BCUT2D eigenvalue weighted by molar-refractivity contribution is -0.666. The van der Waals surface area contributed by atoms with Crippen LogP contribution >= 0.6 is 0 Å². The minimum atomic E-state index is 0. The number of hydrogen-bond donors (Lipinski definition) is 1. The molecule has 1 aliphatic rings. The summed E-state index contributed by atoms with van der Waals surface area (Å²) in [5, 5.41) is 2.36. The van der Waals surface area contributed by atoms with Crippen LogP contribution in [0.3, 0.4) is 0 Å². The molecule has 0 aromatic rings. The number of nitrogens with two attached hydrogens (primary N) is 1. The van der Waals surface area contributed by atoms with Gasteiger partial charge >= 0.3 is 0 Å². The molecule has 2 N–H and O–H groups in total. The summed E-state index contributed by atoms with van der Waals surface area (Å²) in [6, 6.07) is 0.962. The monoisotopic (exact) mass is 149 g/mol. The predicted molar refractivity (Wildman–Crippen MR) is 34.7 cm³/mol. The first-order valence-electron chi connectivity index (χ1n) is 3.73. The van der Waals surface area contributed by atoms with Crippen LogP contribution in [-0.2, 0) is 0 Å². The van der Waals surface area contributed by atoms with Crippen molar-refractivity contribution in [2.24, 2.45) is 0 Å². The molecule has 56 valence electrons. The fraction of sp³-hybridized carbons (Fsp3) is 1.00. The standard InChI is InChI=1S/C7H15N.ClH/c1-8-7-5-3-2-4-6-7;/h7-8H,2-6H2,1H3;1H. The molecular weight excluding hydrogens is 134 g/mol. The molecule has 0 spiro atoms. The van der Waals surface area contributed by atoms with Crippen LogP contribution in [0.25, 0.3) is 0 Å².